The Morgan fingerprint density at radius 3 is 0.766 bits per heavy atom. The number of rotatable bonds is 30. The maximum Gasteiger partial charge on any atom is 0.355 e. The van der Waals surface area contributed by atoms with Gasteiger partial charge in [0.05, 0.1) is 12.8 Å². The van der Waals surface area contributed by atoms with Crippen LogP contribution in [0.5, 0.6) is 0 Å². The molecule has 0 aromatic heterocycles. The predicted molar refractivity (Wildman–Crippen MR) is 212 cm³/mol. The molecule has 0 saturated carbocycles. The molecule has 2 N–H and O–H groups in total. The molecular weight excluding hydrogens is 798 g/mol. The molecule has 0 amide bonds. The van der Waals surface area contributed by atoms with Crippen LogP contribution < -0.4 is 0 Å². The Kier molecular flexibility index (Phi) is 94.5. The zero-order valence-electron chi connectivity index (χ0n) is 28.2. The summed E-state index contributed by atoms with van der Waals surface area (Å²) in [5.74, 6) is -1.83. The minimum absolute atomic E-state index is 0. The zero-order valence-corrected chi connectivity index (χ0v) is 33.9. The van der Waals surface area contributed by atoms with E-state index in [1.807, 2.05) is 0 Å². The Balaban J connectivity index is -0.0000000764. The smallest absolute Gasteiger partial charge is 0.355 e. The SMILES string of the molecule is C.C.C.C.CCCCCCCC/C=C/CCCCCCCC([O])=O.CCCCCCCC/C=C\CCCCCCCC([O])=O.O.[Sn].[Sn]. The van der Waals surface area contributed by atoms with Gasteiger partial charge in [-0.2, -0.15) is 0 Å². The van der Waals surface area contributed by atoms with E-state index < -0.39 is 11.9 Å². The van der Waals surface area contributed by atoms with Crippen LogP contribution in [0.1, 0.15) is 223 Å². The van der Waals surface area contributed by atoms with E-state index in [0.29, 0.717) is 0 Å². The summed E-state index contributed by atoms with van der Waals surface area (Å²) in [7, 11) is 0. The van der Waals surface area contributed by atoms with E-state index in [4.69, 9.17) is 0 Å². The quantitative estimate of drug-likeness (QED) is 0.0407. The number of hydrogen-bond acceptors (Lipinski definition) is 2. The van der Waals surface area contributed by atoms with Crippen molar-refractivity contribution in [3.05, 3.63) is 24.3 Å². The fraction of sp³-hybridized carbons (Fsp3) is 0.850. The van der Waals surface area contributed by atoms with E-state index >= 15 is 0 Å². The molecule has 0 bridgehead atoms. The summed E-state index contributed by atoms with van der Waals surface area (Å²) in [5, 5.41) is 20.4. The average molecular weight is 883 g/mol. The van der Waals surface area contributed by atoms with Gasteiger partial charge < -0.3 is 5.48 Å². The molecule has 5 nitrogen and oxygen atoms in total. The topological polar surface area (TPSA) is 105 Å². The molecule has 0 spiro atoms. The van der Waals surface area contributed by atoms with Gasteiger partial charge in [0, 0.05) is 47.8 Å². The van der Waals surface area contributed by atoms with Crippen molar-refractivity contribution in [3.8, 4) is 0 Å². The van der Waals surface area contributed by atoms with Gasteiger partial charge in [-0.3, -0.25) is 0 Å². The maximum absolute atomic E-state index is 10.2. The Morgan fingerprint density at radius 2 is 0.553 bits per heavy atom. The normalized spacial score (nSPS) is 9.57. The third-order valence-corrected chi connectivity index (χ3v) is 7.29. The van der Waals surface area contributed by atoms with E-state index in [9.17, 15) is 19.8 Å². The molecule has 47 heavy (non-hydrogen) atoms. The summed E-state index contributed by atoms with van der Waals surface area (Å²) in [5.41, 5.74) is 0. The minimum Gasteiger partial charge on any atom is -0.412 e. The summed E-state index contributed by atoms with van der Waals surface area (Å²) in [4.78, 5) is 20.4. The molecule has 0 aliphatic carbocycles. The molecule has 7 heteroatoms. The maximum atomic E-state index is 10.2. The number of carbonyl (C=O) groups excluding carboxylic acids is 2. The molecule has 0 fully saturated rings. The van der Waals surface area contributed by atoms with Crippen LogP contribution in [0.25, 0.3) is 0 Å². The second-order valence-electron chi connectivity index (χ2n) is 11.4. The summed E-state index contributed by atoms with van der Waals surface area (Å²) < 4.78 is 0. The third kappa shape index (κ3) is 77.0. The van der Waals surface area contributed by atoms with Crippen molar-refractivity contribution in [1.29, 1.82) is 0 Å². The van der Waals surface area contributed by atoms with Gasteiger partial charge in [0.25, 0.3) is 0 Å². The Labute approximate surface area is 330 Å². The van der Waals surface area contributed by atoms with Gasteiger partial charge in [0.15, 0.2) is 0 Å². The van der Waals surface area contributed by atoms with Crippen LogP contribution in [-0.4, -0.2) is 65.2 Å². The minimum atomic E-state index is -0.914. The van der Waals surface area contributed by atoms with Gasteiger partial charge in [0.2, 0.25) is 0 Å². The van der Waals surface area contributed by atoms with Crippen molar-refractivity contribution in [2.75, 3.05) is 0 Å². The van der Waals surface area contributed by atoms with Crippen molar-refractivity contribution in [2.24, 2.45) is 0 Å². The van der Waals surface area contributed by atoms with Crippen LogP contribution >= 0.6 is 0 Å². The van der Waals surface area contributed by atoms with Gasteiger partial charge in [-0.15, -0.1) is 0 Å². The molecule has 0 aromatic rings. The average Bonchev–Trinajstić information content (AvgIpc) is 2.93. The first-order valence-corrected chi connectivity index (χ1v) is 17.2. The van der Waals surface area contributed by atoms with E-state index in [1.165, 1.54) is 128 Å². The standard InChI is InChI=1S/2C18H33O2.4CH4.H2O.2Sn/c2*1-2-3-4-5-6-7-8-9-10-11-12-13-14-15-16-17-18(19)20;;;;;;;/h2*9-10H,2-8,11-17H2,1H3;4*1H4;1H2;;/b10-9+;10-9-;;;;;;;. The number of allylic oxidation sites excluding steroid dienone is 4. The first kappa shape index (κ1) is 68.9. The van der Waals surface area contributed by atoms with Crippen molar-refractivity contribution in [2.45, 2.75) is 223 Å². The van der Waals surface area contributed by atoms with Crippen molar-refractivity contribution >= 4 is 59.8 Å². The molecular formula is C40H84O5Sn2. The molecule has 0 saturated heterocycles. The van der Waals surface area contributed by atoms with E-state index in [2.05, 4.69) is 38.2 Å². The molecule has 0 heterocycles. The summed E-state index contributed by atoms with van der Waals surface area (Å²) in [6, 6.07) is 0. The van der Waals surface area contributed by atoms with Gasteiger partial charge in [-0.05, 0) is 64.2 Å². The second kappa shape index (κ2) is 64.5. The van der Waals surface area contributed by atoms with Crippen LogP contribution in [-0.2, 0) is 19.8 Å². The predicted octanol–water partition coefficient (Wildman–Crippen LogP) is 12.9. The van der Waals surface area contributed by atoms with Gasteiger partial charge in [-0.1, -0.05) is 171 Å². The van der Waals surface area contributed by atoms with Crippen LogP contribution in [0.4, 0.5) is 0 Å². The summed E-state index contributed by atoms with van der Waals surface area (Å²) >= 11 is 0. The molecule has 0 rings (SSSR count). The number of unbranched alkanes of at least 4 members (excludes halogenated alkanes) is 22. The van der Waals surface area contributed by atoms with Crippen LogP contribution in [0.15, 0.2) is 24.3 Å². The fourth-order valence-corrected chi connectivity index (χ4v) is 4.68. The van der Waals surface area contributed by atoms with Crippen LogP contribution in [0.2, 0.25) is 0 Å². The van der Waals surface area contributed by atoms with Gasteiger partial charge >= 0.3 is 11.9 Å². The molecule has 282 valence electrons. The van der Waals surface area contributed by atoms with Crippen LogP contribution in [0, 0.1) is 0 Å². The van der Waals surface area contributed by atoms with Gasteiger partial charge in [0.1, 0.15) is 0 Å². The number of carbonyl (C=O) groups is 2. The zero-order chi connectivity index (χ0) is 29.8. The third-order valence-electron chi connectivity index (χ3n) is 7.29. The van der Waals surface area contributed by atoms with E-state index in [1.54, 1.807) is 0 Å². The van der Waals surface area contributed by atoms with Gasteiger partial charge in [-0.25, -0.2) is 19.8 Å². The van der Waals surface area contributed by atoms with Crippen LogP contribution in [0.3, 0.4) is 0 Å². The van der Waals surface area contributed by atoms with E-state index in [-0.39, 0.29) is 95.8 Å². The second-order valence-corrected chi connectivity index (χ2v) is 11.4. The molecule has 0 aliphatic heterocycles. The van der Waals surface area contributed by atoms with Crippen molar-refractivity contribution < 1.29 is 25.3 Å². The Morgan fingerprint density at radius 1 is 0.362 bits per heavy atom. The van der Waals surface area contributed by atoms with E-state index in [0.717, 1.165) is 38.5 Å². The molecule has 0 unspecified atom stereocenters. The van der Waals surface area contributed by atoms with Crippen molar-refractivity contribution in [3.63, 3.8) is 0 Å². The monoisotopic (exact) mass is 884 g/mol. The molecule has 10 radical (unpaired) electrons. The Hall–Kier alpha value is -0.0226. The molecule has 0 aromatic carbocycles. The summed E-state index contributed by atoms with van der Waals surface area (Å²) in [6.07, 6.45) is 41.8. The molecule has 0 atom stereocenters. The largest absolute Gasteiger partial charge is 0.412 e. The Bertz CT molecular complexity index is 533. The fourth-order valence-electron chi connectivity index (χ4n) is 4.68. The molecule has 0 aliphatic rings. The van der Waals surface area contributed by atoms with Crippen molar-refractivity contribution in [1.82, 2.24) is 0 Å². The number of hydrogen-bond donors (Lipinski definition) is 0. The first-order chi connectivity index (χ1) is 19.5. The first-order valence-electron chi connectivity index (χ1n) is 17.2. The summed E-state index contributed by atoms with van der Waals surface area (Å²) in [6.45, 7) is 4.51.